The van der Waals surface area contributed by atoms with Crippen molar-refractivity contribution in [3.63, 3.8) is 0 Å². The molecule has 1 N–H and O–H groups in total. The van der Waals surface area contributed by atoms with Crippen molar-refractivity contribution >= 4 is 40.0 Å². The van der Waals surface area contributed by atoms with Gasteiger partial charge in [0.1, 0.15) is 40.5 Å². The Bertz CT molecular complexity index is 1220. The van der Waals surface area contributed by atoms with Crippen LogP contribution >= 0.6 is 11.3 Å². The fourth-order valence-electron chi connectivity index (χ4n) is 2.51. The highest BCUT2D eigenvalue weighted by Crippen LogP contribution is 2.25. The third-order valence-electron chi connectivity index (χ3n) is 4.06. The number of carbonyl (C=O) groups excluding carboxylic acids is 2. The van der Waals surface area contributed by atoms with Crippen LogP contribution in [0.4, 0.5) is 10.7 Å². The third-order valence-corrected chi connectivity index (χ3v) is 4.89. The van der Waals surface area contributed by atoms with Crippen LogP contribution in [0.25, 0.3) is 6.08 Å². The number of methoxy groups -OCH3 is 1. The van der Waals surface area contributed by atoms with Gasteiger partial charge in [-0.15, -0.1) is 11.3 Å². The van der Waals surface area contributed by atoms with Gasteiger partial charge in [-0.25, -0.2) is 4.79 Å². The second kappa shape index (κ2) is 10.1. The minimum Gasteiger partial charge on any atom is -0.486 e. The number of anilines is 1. The lowest BCUT2D eigenvalue weighted by atomic mass is 10.2. The van der Waals surface area contributed by atoms with Crippen molar-refractivity contribution < 1.29 is 28.4 Å². The van der Waals surface area contributed by atoms with Gasteiger partial charge < -0.3 is 19.2 Å². The number of hydrogen-bond donors (Lipinski definition) is 1. The molecule has 2 heterocycles. The van der Waals surface area contributed by atoms with E-state index in [4.69, 9.17) is 9.15 Å². The molecule has 11 heteroatoms. The number of rotatable bonds is 8. The summed E-state index contributed by atoms with van der Waals surface area (Å²) in [5.41, 5.74) is -0.0930. The van der Waals surface area contributed by atoms with Crippen LogP contribution in [-0.2, 0) is 16.1 Å². The Morgan fingerprint density at radius 3 is 2.66 bits per heavy atom. The molecule has 10 nitrogen and oxygen atoms in total. The highest BCUT2D eigenvalue weighted by atomic mass is 32.1. The molecule has 0 radical (unpaired) electrons. The predicted molar refractivity (Wildman–Crippen MR) is 114 cm³/mol. The molecule has 0 aliphatic heterocycles. The van der Waals surface area contributed by atoms with Crippen molar-refractivity contribution in [2.75, 3.05) is 12.4 Å². The van der Waals surface area contributed by atoms with E-state index in [0.29, 0.717) is 11.5 Å². The first-order valence-corrected chi connectivity index (χ1v) is 9.84. The molecular weight excluding hydrogens is 438 g/mol. The summed E-state index contributed by atoms with van der Waals surface area (Å²) in [5.74, 6) is -0.233. The van der Waals surface area contributed by atoms with E-state index < -0.39 is 16.8 Å². The summed E-state index contributed by atoms with van der Waals surface area (Å²) in [7, 11) is 1.23. The Kier molecular flexibility index (Phi) is 6.99. The first kappa shape index (κ1) is 22.3. The van der Waals surface area contributed by atoms with E-state index in [1.807, 2.05) is 0 Å². The molecule has 0 saturated carbocycles. The number of nitrogens with zero attached hydrogens (tertiary/aromatic N) is 2. The standard InChI is InChI=1S/C21H15N3O7S/c1-29-21(26)18-8-9-32-20(18)23-19(25)13(11-22)10-16-6-7-17(31-16)12-30-15-4-2-14(3-5-15)24(27)28/h2-10H,12H2,1H3,(H,23,25). The van der Waals surface area contributed by atoms with Gasteiger partial charge in [-0.3, -0.25) is 14.9 Å². The monoisotopic (exact) mass is 453 g/mol. The Labute approximate surface area is 185 Å². The number of nitro benzene ring substituents is 1. The topological polar surface area (TPSA) is 145 Å². The Morgan fingerprint density at radius 1 is 1.25 bits per heavy atom. The average Bonchev–Trinajstić information content (AvgIpc) is 3.45. The maximum Gasteiger partial charge on any atom is 0.340 e. The lowest BCUT2D eigenvalue weighted by molar-refractivity contribution is -0.384. The zero-order chi connectivity index (χ0) is 23.1. The molecule has 3 rings (SSSR count). The van der Waals surface area contributed by atoms with Crippen molar-refractivity contribution in [1.82, 2.24) is 0 Å². The third kappa shape index (κ3) is 5.38. The number of nitrogens with one attached hydrogen (secondary N) is 1. The van der Waals surface area contributed by atoms with Gasteiger partial charge in [0.25, 0.3) is 11.6 Å². The van der Waals surface area contributed by atoms with Crippen LogP contribution in [0, 0.1) is 21.4 Å². The van der Waals surface area contributed by atoms with Crippen LogP contribution in [-0.4, -0.2) is 23.9 Å². The molecule has 0 aliphatic rings. The van der Waals surface area contributed by atoms with Crippen LogP contribution < -0.4 is 10.1 Å². The highest BCUT2D eigenvalue weighted by Gasteiger charge is 2.18. The Hall–Kier alpha value is -4.43. The maximum absolute atomic E-state index is 12.4. The lowest BCUT2D eigenvalue weighted by Crippen LogP contribution is -2.15. The molecule has 1 amide bonds. The number of nitro groups is 1. The second-order valence-corrected chi connectivity index (χ2v) is 7.04. The van der Waals surface area contributed by atoms with Gasteiger partial charge in [0.2, 0.25) is 0 Å². The van der Waals surface area contributed by atoms with E-state index in [1.165, 1.54) is 43.5 Å². The minimum atomic E-state index is -0.708. The predicted octanol–water partition coefficient (Wildman–Crippen LogP) is 4.16. The summed E-state index contributed by atoms with van der Waals surface area (Å²) in [4.78, 5) is 34.3. The molecule has 3 aromatic rings. The van der Waals surface area contributed by atoms with E-state index in [-0.39, 0.29) is 34.2 Å². The van der Waals surface area contributed by atoms with Crippen molar-refractivity contribution in [2.45, 2.75) is 6.61 Å². The molecule has 0 atom stereocenters. The van der Waals surface area contributed by atoms with E-state index in [2.05, 4.69) is 10.1 Å². The van der Waals surface area contributed by atoms with Gasteiger partial charge in [0, 0.05) is 18.2 Å². The van der Waals surface area contributed by atoms with Gasteiger partial charge in [-0.1, -0.05) is 0 Å². The van der Waals surface area contributed by atoms with E-state index in [0.717, 1.165) is 11.3 Å². The molecule has 0 unspecified atom stereocenters. The Morgan fingerprint density at radius 2 is 2.00 bits per heavy atom. The van der Waals surface area contributed by atoms with Crippen LogP contribution in [0.5, 0.6) is 5.75 Å². The van der Waals surface area contributed by atoms with E-state index >= 15 is 0 Å². The highest BCUT2D eigenvalue weighted by molar-refractivity contribution is 7.14. The van der Waals surface area contributed by atoms with Crippen molar-refractivity contribution in [1.29, 1.82) is 5.26 Å². The Balaban J connectivity index is 1.65. The number of amides is 1. The number of ether oxygens (including phenoxy) is 2. The number of non-ortho nitro benzene ring substituents is 1. The van der Waals surface area contributed by atoms with E-state index in [1.54, 1.807) is 23.6 Å². The van der Waals surface area contributed by atoms with Crippen LogP contribution in [0.15, 0.2) is 57.8 Å². The first-order valence-electron chi connectivity index (χ1n) is 8.96. The van der Waals surface area contributed by atoms with Crippen molar-refractivity contribution in [3.8, 4) is 11.8 Å². The minimum absolute atomic E-state index is 0.0391. The van der Waals surface area contributed by atoms with Gasteiger partial charge >= 0.3 is 5.97 Å². The number of carbonyl (C=O) groups is 2. The number of benzene rings is 1. The summed E-state index contributed by atoms with van der Waals surface area (Å²) in [5, 5.41) is 24.4. The van der Waals surface area contributed by atoms with Gasteiger partial charge in [0.15, 0.2) is 0 Å². The van der Waals surface area contributed by atoms with E-state index in [9.17, 15) is 25.0 Å². The molecule has 0 spiro atoms. The quantitative estimate of drug-likeness (QED) is 0.176. The molecule has 0 fully saturated rings. The molecule has 0 bridgehead atoms. The summed E-state index contributed by atoms with van der Waals surface area (Å²) in [6.45, 7) is 0.0391. The first-order chi connectivity index (χ1) is 15.4. The summed E-state index contributed by atoms with van der Waals surface area (Å²) in [6.07, 6.45) is 1.26. The SMILES string of the molecule is COC(=O)c1ccsc1NC(=O)C(C#N)=Cc1ccc(COc2ccc([N+](=O)[O-])cc2)o1. The number of furan rings is 1. The number of esters is 1. The summed E-state index contributed by atoms with van der Waals surface area (Å²) < 4.78 is 15.7. The maximum atomic E-state index is 12.4. The molecule has 162 valence electrons. The van der Waals surface area contributed by atoms with Crippen molar-refractivity contribution in [2.24, 2.45) is 0 Å². The van der Waals surface area contributed by atoms with Gasteiger partial charge in [0.05, 0.1) is 17.6 Å². The lowest BCUT2D eigenvalue weighted by Gasteiger charge is -2.04. The van der Waals surface area contributed by atoms with Gasteiger partial charge in [-0.2, -0.15) is 5.26 Å². The molecule has 0 saturated heterocycles. The van der Waals surface area contributed by atoms with Gasteiger partial charge in [-0.05, 0) is 35.7 Å². The summed E-state index contributed by atoms with van der Waals surface area (Å²) >= 11 is 1.12. The fourth-order valence-corrected chi connectivity index (χ4v) is 3.28. The molecule has 2 aromatic heterocycles. The van der Waals surface area contributed by atoms with Crippen LogP contribution in [0.3, 0.4) is 0 Å². The smallest absolute Gasteiger partial charge is 0.340 e. The largest absolute Gasteiger partial charge is 0.486 e. The van der Waals surface area contributed by atoms with Crippen LogP contribution in [0.1, 0.15) is 21.9 Å². The summed E-state index contributed by atoms with van der Waals surface area (Å²) in [6, 6.07) is 12.0. The second-order valence-electron chi connectivity index (χ2n) is 6.12. The number of nitriles is 1. The normalized spacial score (nSPS) is 10.8. The average molecular weight is 453 g/mol. The zero-order valence-corrected chi connectivity index (χ0v) is 17.4. The molecule has 32 heavy (non-hydrogen) atoms. The zero-order valence-electron chi connectivity index (χ0n) is 16.6. The fraction of sp³-hybridized carbons (Fsp3) is 0.0952. The molecule has 0 aliphatic carbocycles. The number of thiophene rings is 1. The molecule has 1 aromatic carbocycles. The van der Waals surface area contributed by atoms with Crippen molar-refractivity contribution in [3.05, 3.63) is 80.6 Å². The number of hydrogen-bond acceptors (Lipinski definition) is 9. The molecular formula is C21H15N3O7S. The van der Waals surface area contributed by atoms with Crippen LogP contribution in [0.2, 0.25) is 0 Å².